The first-order valence-electron chi connectivity index (χ1n) is 4.84. The van der Waals surface area contributed by atoms with Gasteiger partial charge in [-0.15, -0.1) is 0 Å². The van der Waals surface area contributed by atoms with E-state index in [1.165, 1.54) is 16.7 Å². The third kappa shape index (κ3) is 1.35. The molecule has 0 saturated heterocycles. The van der Waals surface area contributed by atoms with Crippen molar-refractivity contribution < 1.29 is 5.11 Å². The van der Waals surface area contributed by atoms with Crippen molar-refractivity contribution in [2.24, 2.45) is 5.41 Å². The average Bonchev–Trinajstić information content (AvgIpc) is 2.09. The van der Waals surface area contributed by atoms with Gasteiger partial charge in [-0.2, -0.15) is 0 Å². The second kappa shape index (κ2) is 2.98. The average molecular weight is 180 g/mol. The van der Waals surface area contributed by atoms with E-state index in [1.54, 1.807) is 0 Å². The van der Waals surface area contributed by atoms with Gasteiger partial charge in [0.05, 0.1) is 6.10 Å². The van der Waals surface area contributed by atoms with Gasteiger partial charge in [-0.3, -0.25) is 0 Å². The molecule has 0 aromatic rings. The molecular weight excluding hydrogens is 160 g/mol. The van der Waals surface area contributed by atoms with Crippen molar-refractivity contribution in [3.8, 4) is 0 Å². The Hall–Kier alpha value is -0.560. The minimum Gasteiger partial charge on any atom is -0.388 e. The summed E-state index contributed by atoms with van der Waals surface area (Å²) < 4.78 is 0. The number of hydrogen-bond donors (Lipinski definition) is 1. The molecule has 13 heavy (non-hydrogen) atoms. The van der Waals surface area contributed by atoms with Gasteiger partial charge in [0.2, 0.25) is 0 Å². The van der Waals surface area contributed by atoms with E-state index in [9.17, 15) is 5.11 Å². The maximum absolute atomic E-state index is 10.1. The van der Waals surface area contributed by atoms with Crippen molar-refractivity contribution in [3.05, 3.63) is 22.3 Å². The second-order valence-electron chi connectivity index (χ2n) is 4.68. The molecule has 0 aromatic carbocycles. The highest BCUT2D eigenvalue weighted by Gasteiger charge is 2.35. The minimum absolute atomic E-state index is 0.103. The smallest absolute Gasteiger partial charge is 0.0841 e. The third-order valence-corrected chi connectivity index (χ3v) is 3.78. The lowest BCUT2D eigenvalue weighted by molar-refractivity contribution is 0.102. The van der Waals surface area contributed by atoms with Crippen molar-refractivity contribution in [1.82, 2.24) is 0 Å². The van der Waals surface area contributed by atoms with Crippen LogP contribution in [-0.4, -0.2) is 11.2 Å². The molecule has 0 heterocycles. The predicted octanol–water partition coefficient (Wildman–Crippen LogP) is 3.06. The monoisotopic (exact) mass is 180 g/mol. The van der Waals surface area contributed by atoms with Gasteiger partial charge in [0.1, 0.15) is 0 Å². The van der Waals surface area contributed by atoms with Gasteiger partial charge in [0.25, 0.3) is 0 Å². The standard InChI is InChI=1S/C12H20O/c1-7-8(2)10(4)12(5,6)11(13)9(7)3/h11,13H,1-6H3. The Morgan fingerprint density at radius 3 is 1.92 bits per heavy atom. The van der Waals surface area contributed by atoms with Gasteiger partial charge >= 0.3 is 0 Å². The highest BCUT2D eigenvalue weighted by Crippen LogP contribution is 2.42. The quantitative estimate of drug-likeness (QED) is 0.607. The fourth-order valence-electron chi connectivity index (χ4n) is 2.01. The van der Waals surface area contributed by atoms with Gasteiger partial charge < -0.3 is 5.11 Å². The van der Waals surface area contributed by atoms with E-state index in [4.69, 9.17) is 0 Å². The molecule has 74 valence electrons. The predicted molar refractivity (Wildman–Crippen MR) is 56.5 cm³/mol. The van der Waals surface area contributed by atoms with Crippen molar-refractivity contribution in [2.45, 2.75) is 47.6 Å². The number of allylic oxidation sites excluding steroid dienone is 2. The molecule has 1 heteroatoms. The van der Waals surface area contributed by atoms with Crippen LogP contribution < -0.4 is 0 Å². The molecule has 0 bridgehead atoms. The fraction of sp³-hybridized carbons (Fsp3) is 0.667. The Kier molecular flexibility index (Phi) is 2.42. The van der Waals surface area contributed by atoms with Gasteiger partial charge in [0.15, 0.2) is 0 Å². The molecule has 1 rings (SSSR count). The molecule has 1 atom stereocenters. The van der Waals surface area contributed by atoms with Gasteiger partial charge in [0, 0.05) is 5.41 Å². The molecule has 0 aliphatic heterocycles. The summed E-state index contributed by atoms with van der Waals surface area (Å²) in [5, 5.41) is 10.1. The van der Waals surface area contributed by atoms with Gasteiger partial charge in [-0.05, 0) is 44.4 Å². The van der Waals surface area contributed by atoms with E-state index in [0.717, 1.165) is 5.57 Å². The lowest BCUT2D eigenvalue weighted by Crippen LogP contribution is -2.35. The summed E-state index contributed by atoms with van der Waals surface area (Å²) in [6.07, 6.45) is -0.323. The normalized spacial score (nSPS) is 28.4. The topological polar surface area (TPSA) is 20.2 Å². The fourth-order valence-corrected chi connectivity index (χ4v) is 2.01. The van der Waals surface area contributed by atoms with E-state index in [-0.39, 0.29) is 11.5 Å². The van der Waals surface area contributed by atoms with E-state index >= 15 is 0 Å². The Balaban J connectivity index is 3.32. The van der Waals surface area contributed by atoms with Crippen LogP contribution in [0, 0.1) is 5.41 Å². The largest absolute Gasteiger partial charge is 0.388 e. The molecule has 0 saturated carbocycles. The molecule has 0 fully saturated rings. The summed E-state index contributed by atoms with van der Waals surface area (Å²) in [6, 6.07) is 0. The highest BCUT2D eigenvalue weighted by molar-refractivity contribution is 5.44. The Bertz CT molecular complexity index is 292. The Morgan fingerprint density at radius 1 is 1.00 bits per heavy atom. The van der Waals surface area contributed by atoms with Crippen LogP contribution in [0.15, 0.2) is 22.3 Å². The van der Waals surface area contributed by atoms with Gasteiger partial charge in [-0.25, -0.2) is 0 Å². The lowest BCUT2D eigenvalue weighted by atomic mass is 9.69. The number of aliphatic hydroxyl groups is 1. The van der Waals surface area contributed by atoms with Gasteiger partial charge in [-0.1, -0.05) is 19.4 Å². The zero-order valence-electron chi connectivity index (χ0n) is 9.52. The number of aliphatic hydroxyl groups excluding tert-OH is 1. The zero-order chi connectivity index (χ0) is 10.4. The molecule has 0 spiro atoms. The van der Waals surface area contributed by atoms with Crippen LogP contribution in [0.25, 0.3) is 0 Å². The maximum Gasteiger partial charge on any atom is 0.0841 e. The van der Waals surface area contributed by atoms with Crippen LogP contribution >= 0.6 is 0 Å². The van der Waals surface area contributed by atoms with Crippen LogP contribution in [-0.2, 0) is 0 Å². The summed E-state index contributed by atoms with van der Waals surface area (Å²) in [7, 11) is 0. The van der Waals surface area contributed by atoms with Crippen molar-refractivity contribution >= 4 is 0 Å². The molecule has 1 unspecified atom stereocenters. The first kappa shape index (κ1) is 10.5. The molecule has 1 aliphatic carbocycles. The summed E-state index contributed by atoms with van der Waals surface area (Å²) in [5.74, 6) is 0. The first-order chi connectivity index (χ1) is 5.80. The summed E-state index contributed by atoms with van der Waals surface area (Å²) >= 11 is 0. The second-order valence-corrected chi connectivity index (χ2v) is 4.68. The molecule has 0 aromatic heterocycles. The summed E-state index contributed by atoms with van der Waals surface area (Å²) in [4.78, 5) is 0. The molecule has 1 aliphatic rings. The number of rotatable bonds is 0. The molecule has 1 nitrogen and oxygen atoms in total. The summed E-state index contributed by atoms with van der Waals surface area (Å²) in [6.45, 7) is 12.6. The lowest BCUT2D eigenvalue weighted by Gasteiger charge is -2.38. The molecule has 0 amide bonds. The van der Waals surface area contributed by atoms with E-state index in [2.05, 4.69) is 34.6 Å². The van der Waals surface area contributed by atoms with Crippen molar-refractivity contribution in [3.63, 3.8) is 0 Å². The molecule has 0 radical (unpaired) electrons. The minimum atomic E-state index is -0.323. The van der Waals surface area contributed by atoms with E-state index in [1.807, 2.05) is 6.92 Å². The summed E-state index contributed by atoms with van der Waals surface area (Å²) in [5.41, 5.74) is 4.92. The Morgan fingerprint density at radius 2 is 1.46 bits per heavy atom. The molecule has 1 N–H and O–H groups in total. The Labute approximate surface area is 81.2 Å². The van der Waals surface area contributed by atoms with Crippen LogP contribution in [0.5, 0.6) is 0 Å². The highest BCUT2D eigenvalue weighted by atomic mass is 16.3. The molecular formula is C12H20O. The van der Waals surface area contributed by atoms with Crippen LogP contribution in [0.4, 0.5) is 0 Å². The van der Waals surface area contributed by atoms with Crippen molar-refractivity contribution in [1.29, 1.82) is 0 Å². The van der Waals surface area contributed by atoms with Crippen molar-refractivity contribution in [2.75, 3.05) is 0 Å². The maximum atomic E-state index is 10.1. The van der Waals surface area contributed by atoms with Crippen LogP contribution in [0.3, 0.4) is 0 Å². The zero-order valence-corrected chi connectivity index (χ0v) is 9.52. The third-order valence-electron chi connectivity index (χ3n) is 3.78. The first-order valence-corrected chi connectivity index (χ1v) is 4.84. The van der Waals surface area contributed by atoms with E-state index in [0.29, 0.717) is 0 Å². The number of hydrogen-bond acceptors (Lipinski definition) is 1. The van der Waals surface area contributed by atoms with E-state index < -0.39 is 0 Å². The SMILES string of the molecule is CC1=C(C)C(O)C(C)(C)C(C)=C1C. The van der Waals surface area contributed by atoms with Crippen LogP contribution in [0.2, 0.25) is 0 Å². The van der Waals surface area contributed by atoms with Crippen LogP contribution in [0.1, 0.15) is 41.5 Å².